The molecule has 0 radical (unpaired) electrons. The van der Waals surface area contributed by atoms with Gasteiger partial charge in [0, 0.05) is 37.4 Å². The van der Waals surface area contributed by atoms with Gasteiger partial charge in [0.2, 0.25) is 0 Å². The molecule has 0 atom stereocenters. The van der Waals surface area contributed by atoms with E-state index >= 15 is 0 Å². The van der Waals surface area contributed by atoms with Crippen molar-refractivity contribution in [3.8, 4) is 11.5 Å². The fourth-order valence-electron chi connectivity index (χ4n) is 3.14. The molecule has 0 heterocycles. The van der Waals surface area contributed by atoms with E-state index in [4.69, 9.17) is 19.1 Å². The lowest BCUT2D eigenvalue weighted by molar-refractivity contribution is -0.115. The third-order valence-corrected chi connectivity index (χ3v) is 7.42. The number of rotatable bonds is 17. The Labute approximate surface area is 231 Å². The smallest absolute Gasteiger partial charge is 0.269 e. The number of nitrogens with one attached hydrogen (secondary N) is 2. The number of benzene rings is 2. The number of hydrogen-bond acceptors (Lipinski definition) is 10. The van der Waals surface area contributed by atoms with Crippen molar-refractivity contribution in [1.82, 2.24) is 10.6 Å². The molecule has 0 bridgehead atoms. The fraction of sp³-hybridized carbons (Fsp3) is 0.385. The van der Waals surface area contributed by atoms with Crippen LogP contribution in [0, 0.1) is 0 Å². The van der Waals surface area contributed by atoms with Gasteiger partial charge in [-0.2, -0.15) is 0 Å². The Bertz CT molecular complexity index is 977. The molecule has 38 heavy (non-hydrogen) atoms. The predicted octanol–water partition coefficient (Wildman–Crippen LogP) is 3.11. The van der Waals surface area contributed by atoms with Gasteiger partial charge in [0.15, 0.2) is 0 Å². The van der Waals surface area contributed by atoms with Crippen LogP contribution in [-0.2, 0) is 32.1 Å². The molecule has 2 aromatic carbocycles. The summed E-state index contributed by atoms with van der Waals surface area (Å²) in [4.78, 5) is 34.7. The Hall–Kier alpha value is -3.38. The third kappa shape index (κ3) is 11.3. The first kappa shape index (κ1) is 30.8. The lowest BCUT2D eigenvalue weighted by Gasteiger charge is -2.09. The average molecular weight is 563 g/mol. The van der Waals surface area contributed by atoms with Crippen molar-refractivity contribution in [2.24, 2.45) is 10.3 Å². The predicted molar refractivity (Wildman–Crippen MR) is 153 cm³/mol. The Morgan fingerprint density at radius 1 is 0.658 bits per heavy atom. The number of carbonyl (C=O) groups is 2. The molecule has 2 rings (SSSR count). The molecule has 206 valence electrons. The van der Waals surface area contributed by atoms with Crippen molar-refractivity contribution in [3.63, 3.8) is 0 Å². The van der Waals surface area contributed by atoms with Gasteiger partial charge in [-0.05, 0) is 35.4 Å². The second kappa shape index (κ2) is 18.0. The maximum atomic E-state index is 12.5. The van der Waals surface area contributed by atoms with Gasteiger partial charge in [-0.1, -0.05) is 56.2 Å². The Morgan fingerprint density at radius 3 is 1.34 bits per heavy atom. The van der Waals surface area contributed by atoms with Crippen molar-refractivity contribution in [2.75, 3.05) is 53.0 Å². The van der Waals surface area contributed by atoms with Gasteiger partial charge < -0.3 is 29.8 Å². The minimum atomic E-state index is -0.276. The van der Waals surface area contributed by atoms with Crippen molar-refractivity contribution in [3.05, 3.63) is 59.7 Å². The Morgan fingerprint density at radius 2 is 1.03 bits per heavy atom. The van der Waals surface area contributed by atoms with E-state index in [0.29, 0.717) is 48.9 Å². The average Bonchev–Trinajstić information content (AvgIpc) is 2.94. The molecular formula is C26H34N4O6S2. The molecule has 2 N–H and O–H groups in total. The van der Waals surface area contributed by atoms with Crippen LogP contribution in [0.25, 0.3) is 0 Å². The van der Waals surface area contributed by atoms with E-state index in [1.54, 1.807) is 35.8 Å². The van der Waals surface area contributed by atoms with E-state index in [0.717, 1.165) is 22.6 Å². The van der Waals surface area contributed by atoms with Crippen LogP contribution >= 0.6 is 21.6 Å². The van der Waals surface area contributed by atoms with Crippen LogP contribution in [0.15, 0.2) is 58.8 Å². The van der Waals surface area contributed by atoms with Gasteiger partial charge in [-0.3, -0.25) is 9.59 Å². The number of methoxy groups -OCH3 is 2. The monoisotopic (exact) mass is 562 g/mol. The summed E-state index contributed by atoms with van der Waals surface area (Å²) in [5.41, 5.74) is 2.43. The first-order chi connectivity index (χ1) is 18.5. The summed E-state index contributed by atoms with van der Waals surface area (Å²) in [6, 6.07) is 14.9. The van der Waals surface area contributed by atoms with Crippen LogP contribution in [0.2, 0.25) is 0 Å². The Kier molecular flexibility index (Phi) is 14.6. The summed E-state index contributed by atoms with van der Waals surface area (Å²) in [7, 11) is 9.24. The van der Waals surface area contributed by atoms with Crippen LogP contribution < -0.4 is 20.1 Å². The fourth-order valence-corrected chi connectivity index (χ4v) is 4.95. The summed E-state index contributed by atoms with van der Waals surface area (Å²) >= 11 is 0. The highest BCUT2D eigenvalue weighted by atomic mass is 33.1. The van der Waals surface area contributed by atoms with Crippen molar-refractivity contribution in [1.29, 1.82) is 0 Å². The third-order valence-electron chi connectivity index (χ3n) is 5.01. The molecule has 0 aliphatic rings. The van der Waals surface area contributed by atoms with E-state index in [9.17, 15) is 9.59 Å². The highest BCUT2D eigenvalue weighted by molar-refractivity contribution is 8.76. The van der Waals surface area contributed by atoms with Gasteiger partial charge in [0.1, 0.15) is 37.1 Å². The van der Waals surface area contributed by atoms with Crippen molar-refractivity contribution in [2.45, 2.75) is 12.8 Å². The zero-order valence-corrected chi connectivity index (χ0v) is 23.7. The highest BCUT2D eigenvalue weighted by Crippen LogP contribution is 2.19. The van der Waals surface area contributed by atoms with Gasteiger partial charge in [0.05, 0.1) is 14.2 Å². The molecule has 2 amide bonds. The summed E-state index contributed by atoms with van der Waals surface area (Å²) < 4.78 is 10.3. The van der Waals surface area contributed by atoms with Gasteiger partial charge in [-0.15, -0.1) is 0 Å². The molecule has 10 nitrogen and oxygen atoms in total. The maximum Gasteiger partial charge on any atom is 0.269 e. The van der Waals surface area contributed by atoms with E-state index < -0.39 is 0 Å². The molecule has 0 aromatic heterocycles. The summed E-state index contributed by atoms with van der Waals surface area (Å²) in [5, 5.41) is 13.5. The first-order valence-electron chi connectivity index (χ1n) is 11.8. The standard InChI is InChI=1S/C26H34N4O6S2/c1-33-21-9-5-19(6-10-21)17-23(29-35-3)25(31)27-13-15-37-38-16-14-28-26(32)24(30-36-4)18-20-7-11-22(34-2)12-8-20/h5-12H,13-18H2,1-4H3,(H,27,31)(H,28,32)/b29-23-,30-24-. The quantitative estimate of drug-likeness (QED) is 0.131. The van der Waals surface area contributed by atoms with Crippen LogP contribution in [0.3, 0.4) is 0 Å². The number of carbonyl (C=O) groups excluding carboxylic acids is 2. The molecule has 12 heteroatoms. The molecule has 0 unspecified atom stereocenters. The minimum Gasteiger partial charge on any atom is -0.497 e. The summed E-state index contributed by atoms with van der Waals surface area (Å²) in [6.45, 7) is 0.946. The largest absolute Gasteiger partial charge is 0.497 e. The Balaban J connectivity index is 1.65. The lowest BCUT2D eigenvalue weighted by atomic mass is 10.1. The number of hydrogen-bond donors (Lipinski definition) is 2. The topological polar surface area (TPSA) is 120 Å². The lowest BCUT2D eigenvalue weighted by Crippen LogP contribution is -2.34. The second-order valence-corrected chi connectivity index (χ2v) is 10.3. The molecule has 2 aromatic rings. The van der Waals surface area contributed by atoms with E-state index in [1.807, 2.05) is 48.5 Å². The number of nitrogens with zero attached hydrogens (tertiary/aromatic N) is 2. The normalized spacial score (nSPS) is 11.5. The highest BCUT2D eigenvalue weighted by Gasteiger charge is 2.14. The number of amides is 2. The minimum absolute atomic E-state index is 0.276. The molecular weight excluding hydrogens is 528 g/mol. The van der Waals surface area contributed by atoms with Gasteiger partial charge in [-0.25, -0.2) is 0 Å². The zero-order chi connectivity index (χ0) is 27.6. The first-order valence-corrected chi connectivity index (χ1v) is 14.3. The van der Waals surface area contributed by atoms with Gasteiger partial charge in [0.25, 0.3) is 11.8 Å². The second-order valence-electron chi connectivity index (χ2n) is 7.65. The van der Waals surface area contributed by atoms with E-state index in [2.05, 4.69) is 20.9 Å². The summed E-state index contributed by atoms with van der Waals surface area (Å²) in [6.07, 6.45) is 0.691. The SMILES string of the molecule is CO/N=C(/Cc1ccc(OC)cc1)C(=O)NCCSSCCNC(=O)/C(Cc1ccc(OC)cc1)=N\OC. The zero-order valence-electron chi connectivity index (χ0n) is 22.0. The maximum absolute atomic E-state index is 12.5. The van der Waals surface area contributed by atoms with Crippen LogP contribution in [0.4, 0.5) is 0 Å². The van der Waals surface area contributed by atoms with Crippen LogP contribution in [0.5, 0.6) is 11.5 Å². The van der Waals surface area contributed by atoms with Crippen LogP contribution in [-0.4, -0.2) is 76.3 Å². The molecule has 0 aliphatic carbocycles. The molecule has 0 fully saturated rings. The van der Waals surface area contributed by atoms with Crippen molar-refractivity contribution < 1.29 is 28.7 Å². The number of ether oxygens (including phenoxy) is 2. The van der Waals surface area contributed by atoms with Crippen molar-refractivity contribution >= 4 is 44.8 Å². The van der Waals surface area contributed by atoms with E-state index in [-0.39, 0.29) is 11.8 Å². The molecule has 0 aliphatic heterocycles. The van der Waals surface area contributed by atoms with E-state index in [1.165, 1.54) is 14.2 Å². The number of oxime groups is 2. The molecule has 0 saturated carbocycles. The molecule has 0 spiro atoms. The van der Waals surface area contributed by atoms with Gasteiger partial charge >= 0.3 is 0 Å². The molecule has 0 saturated heterocycles. The van der Waals surface area contributed by atoms with Crippen LogP contribution in [0.1, 0.15) is 11.1 Å². The summed E-state index contributed by atoms with van der Waals surface area (Å²) in [5.74, 6) is 2.33.